The molecule has 0 saturated heterocycles. The van der Waals surface area contributed by atoms with Crippen LogP contribution in [0.1, 0.15) is 220 Å². The van der Waals surface area contributed by atoms with Crippen LogP contribution in [0.25, 0.3) is 0 Å². The van der Waals surface area contributed by atoms with Crippen LogP contribution in [0.3, 0.4) is 0 Å². The molecule has 1 unspecified atom stereocenters. The van der Waals surface area contributed by atoms with Crippen LogP contribution in [0.4, 0.5) is 0 Å². The third kappa shape index (κ3) is 45.7. The van der Waals surface area contributed by atoms with Gasteiger partial charge in [0.1, 0.15) is 13.2 Å². The Kier molecular flexibility index (Phi) is 45.5. The zero-order valence-electron chi connectivity index (χ0n) is 38.9. The summed E-state index contributed by atoms with van der Waals surface area (Å²) in [6.07, 6.45) is 61.4. The van der Waals surface area contributed by atoms with E-state index in [2.05, 4.69) is 106 Å². The highest BCUT2D eigenvalue weighted by atomic mass is 16.6. The Morgan fingerprint density at radius 1 is 0.350 bits per heavy atom. The van der Waals surface area contributed by atoms with E-state index in [1.165, 1.54) is 64.2 Å². The molecule has 0 rings (SSSR count). The van der Waals surface area contributed by atoms with E-state index in [1.54, 1.807) is 0 Å². The van der Waals surface area contributed by atoms with Gasteiger partial charge in [0, 0.05) is 19.3 Å². The lowest BCUT2D eigenvalue weighted by Gasteiger charge is -2.18. The summed E-state index contributed by atoms with van der Waals surface area (Å²) in [4.78, 5) is 37.8. The molecule has 0 aliphatic rings. The molecule has 0 aromatic carbocycles. The van der Waals surface area contributed by atoms with Crippen molar-refractivity contribution in [2.24, 2.45) is 0 Å². The van der Waals surface area contributed by atoms with Gasteiger partial charge in [0.15, 0.2) is 6.10 Å². The molecule has 0 aliphatic heterocycles. The van der Waals surface area contributed by atoms with Gasteiger partial charge in [0.25, 0.3) is 0 Å². The van der Waals surface area contributed by atoms with E-state index < -0.39 is 6.10 Å². The third-order valence-corrected chi connectivity index (χ3v) is 10.1. The van der Waals surface area contributed by atoms with Gasteiger partial charge in [-0.3, -0.25) is 14.4 Å². The van der Waals surface area contributed by atoms with Gasteiger partial charge in [-0.25, -0.2) is 0 Å². The van der Waals surface area contributed by atoms with E-state index in [0.29, 0.717) is 19.3 Å². The van der Waals surface area contributed by atoms with Crippen molar-refractivity contribution in [2.75, 3.05) is 13.2 Å². The van der Waals surface area contributed by atoms with Crippen molar-refractivity contribution in [2.45, 2.75) is 226 Å². The van der Waals surface area contributed by atoms with Crippen molar-refractivity contribution in [3.05, 3.63) is 85.1 Å². The largest absolute Gasteiger partial charge is 0.462 e. The maximum absolute atomic E-state index is 12.7. The third-order valence-electron chi connectivity index (χ3n) is 10.1. The standard InChI is InChI=1S/C54H90O6/c1-4-7-10-13-16-19-22-24-26-27-29-30-32-35-38-41-44-47-53(56)59-50-51(49-58-52(55)46-43-40-37-34-21-18-15-12-9-6-3)60-54(57)48-45-42-39-36-33-31-28-25-23-20-17-14-11-8-5-2/h8,11-12,15-17,19-20,24-26,28,33,36,51H,4-7,9-10,13-14,18,21-23,27,29-32,34-35,37-50H2,1-3H3/b11-8-,15-12-,19-16-,20-17-,26-24-,28-25-,36-33-. The van der Waals surface area contributed by atoms with Crippen LogP contribution < -0.4 is 0 Å². The van der Waals surface area contributed by atoms with Crippen LogP contribution in [-0.4, -0.2) is 37.2 Å². The van der Waals surface area contributed by atoms with Crippen LogP contribution in [0, 0.1) is 0 Å². The Balaban J connectivity index is 4.45. The van der Waals surface area contributed by atoms with E-state index in [0.717, 1.165) is 109 Å². The zero-order chi connectivity index (χ0) is 43.7. The molecular weight excluding hydrogens is 745 g/mol. The minimum atomic E-state index is -0.803. The number of carbonyl (C=O) groups excluding carboxylic acids is 3. The Hall–Kier alpha value is -3.41. The topological polar surface area (TPSA) is 78.9 Å². The van der Waals surface area contributed by atoms with Crippen LogP contribution >= 0.6 is 0 Å². The quantitative estimate of drug-likeness (QED) is 0.0263. The molecule has 6 nitrogen and oxygen atoms in total. The lowest BCUT2D eigenvalue weighted by molar-refractivity contribution is -0.167. The Morgan fingerprint density at radius 2 is 0.683 bits per heavy atom. The first kappa shape index (κ1) is 56.6. The maximum atomic E-state index is 12.7. The van der Waals surface area contributed by atoms with Gasteiger partial charge in [0.05, 0.1) is 0 Å². The first-order chi connectivity index (χ1) is 29.5. The monoisotopic (exact) mass is 835 g/mol. The molecule has 60 heavy (non-hydrogen) atoms. The number of carbonyl (C=O) groups is 3. The van der Waals surface area contributed by atoms with E-state index in [-0.39, 0.29) is 37.5 Å². The first-order valence-electron chi connectivity index (χ1n) is 24.6. The second kappa shape index (κ2) is 48.3. The van der Waals surface area contributed by atoms with Gasteiger partial charge in [-0.05, 0) is 109 Å². The SMILES string of the molecule is CC/C=C\C/C=C\C/C=C\C/C=C\CCCCC(=O)OC(COC(=O)CCCCCCC/C=C\CCC)COC(=O)CCCCCCCCC/C=C\C/C=C\CCCCC. The molecule has 342 valence electrons. The second-order valence-corrected chi connectivity index (χ2v) is 16.0. The number of allylic oxidation sites excluding steroid dienone is 14. The summed E-state index contributed by atoms with van der Waals surface area (Å²) in [6.45, 7) is 6.37. The molecule has 0 bridgehead atoms. The fraction of sp³-hybridized carbons (Fsp3) is 0.685. The highest BCUT2D eigenvalue weighted by Gasteiger charge is 2.19. The van der Waals surface area contributed by atoms with E-state index in [4.69, 9.17) is 14.2 Å². The summed E-state index contributed by atoms with van der Waals surface area (Å²) >= 11 is 0. The van der Waals surface area contributed by atoms with Gasteiger partial charge in [0.2, 0.25) is 0 Å². The molecule has 0 amide bonds. The predicted molar refractivity (Wildman–Crippen MR) is 256 cm³/mol. The normalized spacial score (nSPS) is 12.8. The highest BCUT2D eigenvalue weighted by molar-refractivity contribution is 5.71. The van der Waals surface area contributed by atoms with Crippen molar-refractivity contribution >= 4 is 17.9 Å². The molecule has 0 spiro atoms. The first-order valence-corrected chi connectivity index (χ1v) is 24.6. The molecule has 0 heterocycles. The summed E-state index contributed by atoms with van der Waals surface area (Å²) in [7, 11) is 0. The number of unbranched alkanes of at least 4 members (excludes halogenated alkanes) is 18. The van der Waals surface area contributed by atoms with Gasteiger partial charge >= 0.3 is 17.9 Å². The zero-order valence-corrected chi connectivity index (χ0v) is 38.9. The fourth-order valence-corrected chi connectivity index (χ4v) is 6.40. The molecule has 6 heteroatoms. The molecule has 0 aromatic rings. The molecule has 0 aromatic heterocycles. The number of esters is 3. The Labute approximate surface area is 369 Å². The van der Waals surface area contributed by atoms with E-state index in [1.807, 2.05) is 0 Å². The fourth-order valence-electron chi connectivity index (χ4n) is 6.40. The van der Waals surface area contributed by atoms with Gasteiger partial charge in [-0.2, -0.15) is 0 Å². The van der Waals surface area contributed by atoms with Gasteiger partial charge < -0.3 is 14.2 Å². The molecule has 0 N–H and O–H groups in total. The molecule has 0 saturated carbocycles. The predicted octanol–water partition coefficient (Wildman–Crippen LogP) is 16.0. The molecule has 0 fully saturated rings. The van der Waals surface area contributed by atoms with Crippen LogP contribution in [0.5, 0.6) is 0 Å². The maximum Gasteiger partial charge on any atom is 0.306 e. The Bertz CT molecular complexity index is 1190. The van der Waals surface area contributed by atoms with Gasteiger partial charge in [-0.1, -0.05) is 176 Å². The summed E-state index contributed by atoms with van der Waals surface area (Å²) in [6, 6.07) is 0. The van der Waals surface area contributed by atoms with Crippen LogP contribution in [0.15, 0.2) is 85.1 Å². The smallest absolute Gasteiger partial charge is 0.306 e. The number of rotatable bonds is 43. The van der Waals surface area contributed by atoms with Crippen molar-refractivity contribution in [3.8, 4) is 0 Å². The molecule has 0 aliphatic carbocycles. The number of hydrogen-bond acceptors (Lipinski definition) is 6. The van der Waals surface area contributed by atoms with Crippen molar-refractivity contribution in [1.82, 2.24) is 0 Å². The molecular formula is C54H90O6. The van der Waals surface area contributed by atoms with Crippen molar-refractivity contribution < 1.29 is 28.6 Å². The summed E-state index contributed by atoms with van der Waals surface area (Å²) < 4.78 is 16.7. The minimum absolute atomic E-state index is 0.101. The summed E-state index contributed by atoms with van der Waals surface area (Å²) in [5, 5.41) is 0. The van der Waals surface area contributed by atoms with Gasteiger partial charge in [-0.15, -0.1) is 0 Å². The lowest BCUT2D eigenvalue weighted by atomic mass is 10.1. The van der Waals surface area contributed by atoms with Crippen molar-refractivity contribution in [1.29, 1.82) is 0 Å². The van der Waals surface area contributed by atoms with E-state index in [9.17, 15) is 14.4 Å². The Morgan fingerprint density at radius 3 is 1.13 bits per heavy atom. The van der Waals surface area contributed by atoms with Crippen LogP contribution in [-0.2, 0) is 28.6 Å². The summed E-state index contributed by atoms with van der Waals surface area (Å²) in [5.74, 6) is -0.966. The van der Waals surface area contributed by atoms with Crippen molar-refractivity contribution in [3.63, 3.8) is 0 Å². The molecule has 0 radical (unpaired) electrons. The average Bonchev–Trinajstić information content (AvgIpc) is 3.24. The van der Waals surface area contributed by atoms with Crippen LogP contribution in [0.2, 0.25) is 0 Å². The second-order valence-electron chi connectivity index (χ2n) is 16.0. The highest BCUT2D eigenvalue weighted by Crippen LogP contribution is 2.13. The minimum Gasteiger partial charge on any atom is -0.462 e. The summed E-state index contributed by atoms with van der Waals surface area (Å²) in [5.41, 5.74) is 0. The molecule has 1 atom stereocenters. The number of hydrogen-bond donors (Lipinski definition) is 0. The number of ether oxygens (including phenoxy) is 3. The average molecular weight is 835 g/mol. The van der Waals surface area contributed by atoms with E-state index >= 15 is 0 Å². The lowest BCUT2D eigenvalue weighted by Crippen LogP contribution is -2.30.